The molecule has 0 aliphatic heterocycles. The first kappa shape index (κ1) is 12.2. The van der Waals surface area contributed by atoms with Crippen molar-refractivity contribution in [1.82, 2.24) is 15.5 Å². The van der Waals surface area contributed by atoms with Crippen molar-refractivity contribution in [3.05, 3.63) is 45.9 Å². The summed E-state index contributed by atoms with van der Waals surface area (Å²) in [7, 11) is 0. The molecule has 1 aromatic carbocycles. The normalized spacial score (nSPS) is 12.6. The van der Waals surface area contributed by atoms with E-state index in [0.29, 0.717) is 0 Å². The molecule has 1 N–H and O–H groups in total. The van der Waals surface area contributed by atoms with Crippen LogP contribution in [0.3, 0.4) is 0 Å². The highest BCUT2D eigenvalue weighted by Crippen LogP contribution is 2.24. The third-order valence-corrected chi connectivity index (χ3v) is 3.42. The standard InChI is InChI=1S/C13H17N3S/c1-3-9-14-12(11-7-5-4-6-8-11)13-16-15-10(2)17-13/h4-8,12,14H,3,9H2,1-2H3. The van der Waals surface area contributed by atoms with Gasteiger partial charge in [-0.15, -0.1) is 10.2 Å². The zero-order chi connectivity index (χ0) is 12.1. The Balaban J connectivity index is 2.25. The van der Waals surface area contributed by atoms with Crippen LogP contribution in [0.1, 0.15) is 35.0 Å². The summed E-state index contributed by atoms with van der Waals surface area (Å²) in [6.45, 7) is 5.14. The summed E-state index contributed by atoms with van der Waals surface area (Å²) in [4.78, 5) is 0. The molecular formula is C13H17N3S. The first-order valence-corrected chi connectivity index (χ1v) is 6.71. The largest absolute Gasteiger partial charge is 0.304 e. The van der Waals surface area contributed by atoms with Gasteiger partial charge < -0.3 is 5.32 Å². The van der Waals surface area contributed by atoms with E-state index in [1.165, 1.54) is 5.56 Å². The molecule has 0 saturated heterocycles. The Bertz CT molecular complexity index is 453. The Morgan fingerprint density at radius 1 is 1.24 bits per heavy atom. The smallest absolute Gasteiger partial charge is 0.139 e. The number of hydrogen-bond acceptors (Lipinski definition) is 4. The molecule has 1 atom stereocenters. The second-order valence-corrected chi connectivity index (χ2v) is 5.17. The Labute approximate surface area is 106 Å². The van der Waals surface area contributed by atoms with Gasteiger partial charge in [-0.1, -0.05) is 48.6 Å². The van der Waals surface area contributed by atoms with Gasteiger partial charge in [-0.2, -0.15) is 0 Å². The van der Waals surface area contributed by atoms with Crippen LogP contribution in [0.2, 0.25) is 0 Å². The third-order valence-electron chi connectivity index (χ3n) is 2.52. The Kier molecular flexibility index (Phi) is 4.23. The second-order valence-electron chi connectivity index (χ2n) is 3.96. The number of aromatic nitrogens is 2. The van der Waals surface area contributed by atoms with Crippen LogP contribution in [0.4, 0.5) is 0 Å². The van der Waals surface area contributed by atoms with E-state index in [1.54, 1.807) is 11.3 Å². The van der Waals surface area contributed by atoms with Gasteiger partial charge in [-0.05, 0) is 25.5 Å². The molecule has 0 radical (unpaired) electrons. The lowest BCUT2D eigenvalue weighted by Gasteiger charge is -2.15. The zero-order valence-corrected chi connectivity index (χ0v) is 11.0. The van der Waals surface area contributed by atoms with E-state index >= 15 is 0 Å². The summed E-state index contributed by atoms with van der Waals surface area (Å²) in [6, 6.07) is 10.6. The van der Waals surface area contributed by atoms with E-state index in [2.05, 4.69) is 46.7 Å². The molecule has 90 valence electrons. The van der Waals surface area contributed by atoms with Gasteiger partial charge in [0.1, 0.15) is 10.0 Å². The average Bonchev–Trinajstić information content (AvgIpc) is 2.78. The van der Waals surface area contributed by atoms with E-state index in [1.807, 2.05) is 13.0 Å². The highest BCUT2D eigenvalue weighted by atomic mass is 32.1. The molecule has 3 nitrogen and oxygen atoms in total. The number of benzene rings is 1. The van der Waals surface area contributed by atoms with Crippen molar-refractivity contribution < 1.29 is 0 Å². The lowest BCUT2D eigenvalue weighted by molar-refractivity contribution is 0.591. The molecular weight excluding hydrogens is 230 g/mol. The summed E-state index contributed by atoms with van der Waals surface area (Å²) in [5.41, 5.74) is 1.25. The van der Waals surface area contributed by atoms with Crippen LogP contribution in [0.25, 0.3) is 0 Å². The van der Waals surface area contributed by atoms with Crippen molar-refractivity contribution in [3.63, 3.8) is 0 Å². The topological polar surface area (TPSA) is 37.8 Å². The number of nitrogens with one attached hydrogen (secondary N) is 1. The van der Waals surface area contributed by atoms with Crippen molar-refractivity contribution >= 4 is 11.3 Å². The molecule has 1 aromatic heterocycles. The van der Waals surface area contributed by atoms with E-state index in [0.717, 1.165) is 23.0 Å². The summed E-state index contributed by atoms with van der Waals surface area (Å²) in [6.07, 6.45) is 1.11. The minimum absolute atomic E-state index is 0.169. The molecule has 2 rings (SSSR count). The summed E-state index contributed by atoms with van der Waals surface area (Å²) >= 11 is 1.66. The lowest BCUT2D eigenvalue weighted by Crippen LogP contribution is -2.23. The van der Waals surface area contributed by atoms with Gasteiger partial charge in [0.2, 0.25) is 0 Å². The fourth-order valence-corrected chi connectivity index (χ4v) is 2.51. The van der Waals surface area contributed by atoms with Gasteiger partial charge in [-0.3, -0.25) is 0 Å². The van der Waals surface area contributed by atoms with Crippen molar-refractivity contribution in [2.24, 2.45) is 0 Å². The SMILES string of the molecule is CCCNC(c1ccccc1)c1nnc(C)s1. The van der Waals surface area contributed by atoms with Crippen LogP contribution < -0.4 is 5.32 Å². The van der Waals surface area contributed by atoms with Crippen LogP contribution in [0.5, 0.6) is 0 Å². The van der Waals surface area contributed by atoms with E-state index in [9.17, 15) is 0 Å². The molecule has 0 spiro atoms. The minimum atomic E-state index is 0.169. The third kappa shape index (κ3) is 3.11. The van der Waals surface area contributed by atoms with Gasteiger partial charge in [-0.25, -0.2) is 0 Å². The maximum absolute atomic E-state index is 4.25. The van der Waals surface area contributed by atoms with Crippen LogP contribution in [-0.2, 0) is 0 Å². The number of nitrogens with zero attached hydrogens (tertiary/aromatic N) is 2. The van der Waals surface area contributed by atoms with Crippen molar-refractivity contribution in [3.8, 4) is 0 Å². The molecule has 17 heavy (non-hydrogen) atoms. The van der Waals surface area contributed by atoms with Gasteiger partial charge in [0.05, 0.1) is 6.04 Å². The maximum atomic E-state index is 4.25. The van der Waals surface area contributed by atoms with Crippen molar-refractivity contribution in [1.29, 1.82) is 0 Å². The molecule has 0 saturated carbocycles. The van der Waals surface area contributed by atoms with Gasteiger partial charge in [0, 0.05) is 0 Å². The average molecular weight is 247 g/mol. The quantitative estimate of drug-likeness (QED) is 0.882. The molecule has 1 heterocycles. The fraction of sp³-hybridized carbons (Fsp3) is 0.385. The van der Waals surface area contributed by atoms with E-state index in [4.69, 9.17) is 0 Å². The molecule has 0 fully saturated rings. The second kappa shape index (κ2) is 5.89. The molecule has 1 unspecified atom stereocenters. The van der Waals surface area contributed by atoms with E-state index < -0.39 is 0 Å². The Morgan fingerprint density at radius 2 is 2.00 bits per heavy atom. The number of hydrogen-bond donors (Lipinski definition) is 1. The molecule has 0 amide bonds. The monoisotopic (exact) mass is 247 g/mol. The molecule has 0 bridgehead atoms. The van der Waals surface area contributed by atoms with Gasteiger partial charge >= 0.3 is 0 Å². The van der Waals surface area contributed by atoms with E-state index in [-0.39, 0.29) is 6.04 Å². The molecule has 0 aliphatic rings. The summed E-state index contributed by atoms with van der Waals surface area (Å²) in [5.74, 6) is 0. The first-order valence-electron chi connectivity index (χ1n) is 5.89. The highest BCUT2D eigenvalue weighted by Gasteiger charge is 2.16. The van der Waals surface area contributed by atoms with Gasteiger partial charge in [0.25, 0.3) is 0 Å². The zero-order valence-electron chi connectivity index (χ0n) is 10.2. The fourth-order valence-electron chi connectivity index (χ4n) is 1.71. The summed E-state index contributed by atoms with van der Waals surface area (Å²) < 4.78 is 0. The minimum Gasteiger partial charge on any atom is -0.304 e. The number of aryl methyl sites for hydroxylation is 1. The van der Waals surface area contributed by atoms with Crippen LogP contribution in [0, 0.1) is 6.92 Å². The molecule has 2 aromatic rings. The molecule has 0 aliphatic carbocycles. The number of rotatable bonds is 5. The lowest BCUT2D eigenvalue weighted by atomic mass is 10.1. The van der Waals surface area contributed by atoms with Crippen molar-refractivity contribution in [2.45, 2.75) is 26.3 Å². The van der Waals surface area contributed by atoms with Crippen molar-refractivity contribution in [2.75, 3.05) is 6.54 Å². The maximum Gasteiger partial charge on any atom is 0.139 e. The van der Waals surface area contributed by atoms with Crippen LogP contribution >= 0.6 is 11.3 Å². The van der Waals surface area contributed by atoms with Crippen LogP contribution in [0.15, 0.2) is 30.3 Å². The summed E-state index contributed by atoms with van der Waals surface area (Å²) in [5, 5.41) is 13.9. The predicted octanol–water partition coefficient (Wildman–Crippen LogP) is 2.94. The predicted molar refractivity (Wildman–Crippen MR) is 71.2 cm³/mol. The Morgan fingerprint density at radius 3 is 2.59 bits per heavy atom. The Hall–Kier alpha value is -1.26. The van der Waals surface area contributed by atoms with Crippen LogP contribution in [-0.4, -0.2) is 16.7 Å². The molecule has 4 heteroatoms. The first-order chi connectivity index (χ1) is 8.31. The highest BCUT2D eigenvalue weighted by molar-refractivity contribution is 7.11. The van der Waals surface area contributed by atoms with Gasteiger partial charge in [0.15, 0.2) is 0 Å².